The lowest BCUT2D eigenvalue weighted by Crippen LogP contribution is -2.40. The van der Waals surface area contributed by atoms with E-state index < -0.39 is 6.04 Å². The van der Waals surface area contributed by atoms with Crippen LogP contribution in [0.3, 0.4) is 0 Å². The lowest BCUT2D eigenvalue weighted by atomic mass is 10.1. The number of hydrogen-bond donors (Lipinski definition) is 2. The number of aryl methyl sites for hydroxylation is 1. The van der Waals surface area contributed by atoms with Crippen molar-refractivity contribution < 1.29 is 14.4 Å². The Balaban J connectivity index is 2.16. The molecule has 0 spiro atoms. The van der Waals surface area contributed by atoms with Crippen LogP contribution in [0.2, 0.25) is 0 Å². The fraction of sp³-hybridized carbons (Fsp3) is 0.308. The summed E-state index contributed by atoms with van der Waals surface area (Å²) in [5.74, 6) is -1.03. The van der Waals surface area contributed by atoms with Crippen LogP contribution in [0.25, 0.3) is 0 Å². The van der Waals surface area contributed by atoms with E-state index in [1.54, 1.807) is 25.1 Å². The third-order valence-electron chi connectivity index (χ3n) is 3.15. The second kappa shape index (κ2) is 5.05. The Morgan fingerprint density at radius 1 is 1.42 bits per heavy atom. The Hall–Kier alpha value is -1.82. The molecule has 1 atom stereocenters. The van der Waals surface area contributed by atoms with Crippen LogP contribution in [0.4, 0.5) is 0 Å². The van der Waals surface area contributed by atoms with Gasteiger partial charge >= 0.3 is 0 Å². The maximum absolute atomic E-state index is 12.1. The van der Waals surface area contributed by atoms with E-state index in [0.29, 0.717) is 10.5 Å². The summed E-state index contributed by atoms with van der Waals surface area (Å²) in [6, 6.07) is 4.43. The molecule has 0 aliphatic carbocycles. The predicted molar refractivity (Wildman–Crippen MR) is 72.1 cm³/mol. The van der Waals surface area contributed by atoms with Crippen LogP contribution in [-0.4, -0.2) is 35.7 Å². The summed E-state index contributed by atoms with van der Waals surface area (Å²) in [5, 5.41) is 2.59. The van der Waals surface area contributed by atoms with Crippen molar-refractivity contribution in [1.29, 1.82) is 0 Å². The minimum atomic E-state index is -0.770. The van der Waals surface area contributed by atoms with Gasteiger partial charge in [-0.2, -0.15) is 0 Å². The number of benzene rings is 1. The van der Waals surface area contributed by atoms with E-state index in [1.165, 1.54) is 7.05 Å². The highest BCUT2D eigenvalue weighted by atomic mass is 32.1. The zero-order chi connectivity index (χ0) is 14.2. The Bertz CT molecular complexity index is 571. The fourth-order valence-electron chi connectivity index (χ4n) is 1.96. The Morgan fingerprint density at radius 2 is 2.11 bits per heavy atom. The summed E-state index contributed by atoms with van der Waals surface area (Å²) in [6.07, 6.45) is 0.0146. The summed E-state index contributed by atoms with van der Waals surface area (Å²) in [5.41, 5.74) is 1.25. The van der Waals surface area contributed by atoms with Crippen LogP contribution in [0.1, 0.15) is 22.3 Å². The standard InChI is InChI=1S/C13H14N2O3S/c1-7-3-4-8(19)5-9(7)12(17)14-10-6-11(16)15(2)13(10)18/h3-5,10,19H,6H2,1-2H3,(H,14,17). The lowest BCUT2D eigenvalue weighted by molar-refractivity contribution is -0.137. The van der Waals surface area contributed by atoms with Crippen LogP contribution >= 0.6 is 12.6 Å². The van der Waals surface area contributed by atoms with E-state index in [1.807, 2.05) is 0 Å². The first kappa shape index (κ1) is 13.6. The number of hydrogen-bond acceptors (Lipinski definition) is 4. The number of nitrogens with zero attached hydrogens (tertiary/aromatic N) is 1. The lowest BCUT2D eigenvalue weighted by Gasteiger charge is -2.12. The van der Waals surface area contributed by atoms with E-state index >= 15 is 0 Å². The molecule has 1 aromatic carbocycles. The van der Waals surface area contributed by atoms with Crippen LogP contribution in [0.15, 0.2) is 23.1 Å². The Kier molecular flexibility index (Phi) is 3.61. The molecule has 2 rings (SSSR count). The van der Waals surface area contributed by atoms with Crippen molar-refractivity contribution >= 4 is 30.4 Å². The van der Waals surface area contributed by atoms with E-state index in [0.717, 1.165) is 10.5 Å². The first-order valence-electron chi connectivity index (χ1n) is 5.81. The highest BCUT2D eigenvalue weighted by Crippen LogP contribution is 2.16. The number of imide groups is 1. The van der Waals surface area contributed by atoms with Gasteiger partial charge in [-0.05, 0) is 24.6 Å². The molecule has 6 heteroatoms. The van der Waals surface area contributed by atoms with Gasteiger partial charge in [-0.25, -0.2) is 0 Å². The van der Waals surface area contributed by atoms with Crippen LogP contribution in [0, 0.1) is 6.92 Å². The van der Waals surface area contributed by atoms with Gasteiger partial charge in [-0.3, -0.25) is 19.3 Å². The van der Waals surface area contributed by atoms with E-state index in [9.17, 15) is 14.4 Å². The summed E-state index contributed by atoms with van der Waals surface area (Å²) >= 11 is 4.18. The smallest absolute Gasteiger partial charge is 0.252 e. The van der Waals surface area contributed by atoms with Gasteiger partial charge in [0.2, 0.25) is 5.91 Å². The minimum absolute atomic E-state index is 0.0146. The summed E-state index contributed by atoms with van der Waals surface area (Å²) in [4.78, 5) is 36.9. The normalized spacial score (nSPS) is 18.9. The predicted octanol–water partition coefficient (Wildman–Crippen LogP) is 0.771. The SMILES string of the molecule is Cc1ccc(S)cc1C(=O)NC1CC(=O)N(C)C1=O. The largest absolute Gasteiger partial charge is 0.340 e. The van der Waals surface area contributed by atoms with Gasteiger partial charge in [0.05, 0.1) is 6.42 Å². The molecule has 1 unspecified atom stereocenters. The molecular weight excluding hydrogens is 264 g/mol. The van der Waals surface area contributed by atoms with Gasteiger partial charge in [0.1, 0.15) is 6.04 Å². The number of carbonyl (C=O) groups is 3. The van der Waals surface area contributed by atoms with Crippen LogP contribution in [-0.2, 0) is 9.59 Å². The molecule has 0 aromatic heterocycles. The third kappa shape index (κ3) is 2.63. The van der Waals surface area contributed by atoms with Crippen molar-refractivity contribution in [2.75, 3.05) is 7.05 Å². The summed E-state index contributed by atoms with van der Waals surface area (Å²) < 4.78 is 0. The third-order valence-corrected chi connectivity index (χ3v) is 3.43. The molecule has 1 fully saturated rings. The van der Waals surface area contributed by atoms with Gasteiger partial charge in [0.15, 0.2) is 0 Å². The molecule has 0 radical (unpaired) electrons. The van der Waals surface area contributed by atoms with Gasteiger partial charge in [0, 0.05) is 17.5 Å². The second-order valence-electron chi connectivity index (χ2n) is 4.52. The molecule has 0 bridgehead atoms. The molecule has 1 aliphatic rings. The molecule has 5 nitrogen and oxygen atoms in total. The molecule has 1 saturated heterocycles. The number of thiol groups is 1. The van der Waals surface area contributed by atoms with Crippen LogP contribution < -0.4 is 5.32 Å². The Morgan fingerprint density at radius 3 is 2.68 bits per heavy atom. The topological polar surface area (TPSA) is 66.5 Å². The molecule has 0 saturated carbocycles. The average Bonchev–Trinajstić information content (AvgIpc) is 2.60. The zero-order valence-corrected chi connectivity index (χ0v) is 11.5. The summed E-state index contributed by atoms with van der Waals surface area (Å²) in [7, 11) is 1.41. The van der Waals surface area contributed by atoms with E-state index in [2.05, 4.69) is 17.9 Å². The molecular formula is C13H14N2O3S. The average molecular weight is 278 g/mol. The fourth-order valence-corrected chi connectivity index (χ4v) is 2.16. The minimum Gasteiger partial charge on any atom is -0.340 e. The van der Waals surface area contributed by atoms with E-state index in [-0.39, 0.29) is 24.1 Å². The molecule has 1 N–H and O–H groups in total. The van der Waals surface area contributed by atoms with Gasteiger partial charge < -0.3 is 5.32 Å². The number of rotatable bonds is 2. The van der Waals surface area contributed by atoms with E-state index in [4.69, 9.17) is 0 Å². The van der Waals surface area contributed by atoms with Gasteiger partial charge in [-0.15, -0.1) is 12.6 Å². The molecule has 1 aliphatic heterocycles. The second-order valence-corrected chi connectivity index (χ2v) is 5.04. The maximum atomic E-state index is 12.1. The number of likely N-dealkylation sites (N-methyl/N-ethyl adjacent to an activating group) is 1. The van der Waals surface area contributed by atoms with Crippen molar-refractivity contribution in [3.05, 3.63) is 29.3 Å². The summed E-state index contributed by atoms with van der Waals surface area (Å²) in [6.45, 7) is 1.80. The molecule has 1 aromatic rings. The maximum Gasteiger partial charge on any atom is 0.252 e. The molecule has 3 amide bonds. The van der Waals surface area contributed by atoms with Crippen molar-refractivity contribution in [3.8, 4) is 0 Å². The number of nitrogens with one attached hydrogen (secondary N) is 1. The number of amides is 3. The number of carbonyl (C=O) groups excluding carboxylic acids is 3. The monoisotopic (exact) mass is 278 g/mol. The van der Waals surface area contributed by atoms with Crippen molar-refractivity contribution in [2.24, 2.45) is 0 Å². The molecule has 100 valence electrons. The quantitative estimate of drug-likeness (QED) is 0.620. The number of likely N-dealkylation sites (tertiary alicyclic amines) is 1. The van der Waals surface area contributed by atoms with Gasteiger partial charge in [0.25, 0.3) is 11.8 Å². The van der Waals surface area contributed by atoms with Crippen molar-refractivity contribution in [3.63, 3.8) is 0 Å². The highest BCUT2D eigenvalue weighted by molar-refractivity contribution is 7.80. The highest BCUT2D eigenvalue weighted by Gasteiger charge is 2.37. The molecule has 19 heavy (non-hydrogen) atoms. The van der Waals surface area contributed by atoms with Crippen molar-refractivity contribution in [2.45, 2.75) is 24.3 Å². The first-order valence-corrected chi connectivity index (χ1v) is 6.25. The molecule has 1 heterocycles. The van der Waals surface area contributed by atoms with Gasteiger partial charge in [-0.1, -0.05) is 6.07 Å². The zero-order valence-electron chi connectivity index (χ0n) is 10.6. The van der Waals surface area contributed by atoms with Crippen LogP contribution in [0.5, 0.6) is 0 Å². The first-order chi connectivity index (χ1) is 8.90. The Labute approximate surface area is 116 Å². The van der Waals surface area contributed by atoms with Crippen molar-refractivity contribution in [1.82, 2.24) is 10.2 Å².